The minimum absolute atomic E-state index is 0.0208. The molecule has 0 amide bonds. The molecule has 1 aromatic carbocycles. The Morgan fingerprint density at radius 1 is 1.37 bits per heavy atom. The zero-order valence-corrected chi connectivity index (χ0v) is 11.3. The van der Waals surface area contributed by atoms with Crippen LogP contribution in [0.1, 0.15) is 11.4 Å². The van der Waals surface area contributed by atoms with Crippen molar-refractivity contribution in [2.45, 2.75) is 13.5 Å². The maximum absolute atomic E-state index is 11.1. The smallest absolute Gasteiger partial charge is 0.304 e. The van der Waals surface area contributed by atoms with Crippen LogP contribution in [-0.4, -0.2) is 9.97 Å². The van der Waals surface area contributed by atoms with Crippen molar-refractivity contribution in [2.75, 3.05) is 5.32 Å². The van der Waals surface area contributed by atoms with E-state index in [4.69, 9.17) is 0 Å². The fourth-order valence-electron chi connectivity index (χ4n) is 2.05. The number of nitrogens with one attached hydrogen (secondary N) is 2. The van der Waals surface area contributed by atoms with Gasteiger partial charge in [0.1, 0.15) is 0 Å². The largest absolute Gasteiger partial charge is 0.379 e. The molecule has 0 unspecified atom stereocenters. The summed E-state index contributed by atoms with van der Waals surface area (Å²) >= 11 is 1.18. The molecule has 0 radical (unpaired) electrons. The maximum atomic E-state index is 11.1. The Bertz CT molecular complexity index is 775. The van der Waals surface area contributed by atoms with E-state index < -0.39 is 0 Å². The highest BCUT2D eigenvalue weighted by Gasteiger charge is 2.04. The molecule has 2 aromatic heterocycles. The Morgan fingerprint density at radius 2 is 2.21 bits per heavy atom. The zero-order valence-electron chi connectivity index (χ0n) is 10.4. The number of nitrogens with zero attached hydrogens (tertiary/aromatic N) is 1. The molecule has 0 fully saturated rings. The van der Waals surface area contributed by atoms with Gasteiger partial charge < -0.3 is 10.3 Å². The highest BCUT2D eigenvalue weighted by molar-refractivity contribution is 7.07. The van der Waals surface area contributed by atoms with Crippen LogP contribution in [0, 0.1) is 6.92 Å². The lowest BCUT2D eigenvalue weighted by Crippen LogP contribution is -2.03. The van der Waals surface area contributed by atoms with Crippen LogP contribution < -0.4 is 10.2 Å². The van der Waals surface area contributed by atoms with Crippen molar-refractivity contribution in [3.05, 3.63) is 56.8 Å². The molecule has 0 saturated heterocycles. The lowest BCUT2D eigenvalue weighted by molar-refractivity contribution is 1.06. The number of para-hydroxylation sites is 1. The van der Waals surface area contributed by atoms with Gasteiger partial charge in [0.15, 0.2) is 0 Å². The standard InChI is InChI=1S/C14H13N3OS/c1-9-6-13(11-4-2-3-5-12(11)16-9)15-7-10-8-19-14(18)17-10/h2-6,8H,7H2,1H3,(H,15,16)(H,17,18). The van der Waals surface area contributed by atoms with Crippen molar-refractivity contribution in [3.8, 4) is 0 Å². The van der Waals surface area contributed by atoms with E-state index in [-0.39, 0.29) is 4.87 Å². The Balaban J connectivity index is 1.93. The number of aryl methyl sites for hydroxylation is 1. The summed E-state index contributed by atoms with van der Waals surface area (Å²) < 4.78 is 0. The van der Waals surface area contributed by atoms with E-state index in [1.165, 1.54) is 11.3 Å². The average Bonchev–Trinajstić information content (AvgIpc) is 2.81. The number of aromatic amines is 1. The summed E-state index contributed by atoms with van der Waals surface area (Å²) in [6.07, 6.45) is 0. The highest BCUT2D eigenvalue weighted by Crippen LogP contribution is 2.23. The minimum atomic E-state index is -0.0208. The molecular formula is C14H13N3OS. The number of hydrogen-bond acceptors (Lipinski definition) is 4. The molecule has 0 bridgehead atoms. The van der Waals surface area contributed by atoms with Gasteiger partial charge in [-0.15, -0.1) is 0 Å². The van der Waals surface area contributed by atoms with Gasteiger partial charge >= 0.3 is 4.87 Å². The first-order chi connectivity index (χ1) is 9.22. The number of hydrogen-bond donors (Lipinski definition) is 2. The van der Waals surface area contributed by atoms with Crippen molar-refractivity contribution in [2.24, 2.45) is 0 Å². The van der Waals surface area contributed by atoms with Crippen LogP contribution in [0.3, 0.4) is 0 Å². The quantitative estimate of drug-likeness (QED) is 0.770. The molecule has 5 heteroatoms. The van der Waals surface area contributed by atoms with Gasteiger partial charge in [-0.25, -0.2) is 0 Å². The summed E-state index contributed by atoms with van der Waals surface area (Å²) in [6.45, 7) is 2.58. The number of pyridine rings is 1. The molecule has 96 valence electrons. The van der Waals surface area contributed by atoms with E-state index in [0.29, 0.717) is 6.54 Å². The van der Waals surface area contributed by atoms with E-state index in [0.717, 1.165) is 28.0 Å². The van der Waals surface area contributed by atoms with Crippen molar-refractivity contribution in [3.63, 3.8) is 0 Å². The van der Waals surface area contributed by atoms with Crippen LogP contribution in [0.2, 0.25) is 0 Å². The summed E-state index contributed by atoms with van der Waals surface area (Å²) in [5.41, 5.74) is 3.88. The Morgan fingerprint density at radius 3 is 3.00 bits per heavy atom. The molecule has 0 aliphatic heterocycles. The number of anilines is 1. The van der Waals surface area contributed by atoms with E-state index >= 15 is 0 Å². The van der Waals surface area contributed by atoms with Crippen molar-refractivity contribution in [1.82, 2.24) is 9.97 Å². The number of fused-ring (bicyclic) bond motifs is 1. The second kappa shape index (κ2) is 4.85. The first kappa shape index (κ1) is 11.9. The van der Waals surface area contributed by atoms with Gasteiger partial charge in [0.2, 0.25) is 0 Å². The molecule has 0 spiro atoms. The molecular weight excluding hydrogens is 258 g/mol. The SMILES string of the molecule is Cc1cc(NCc2csc(=O)[nH]2)c2ccccc2n1. The molecule has 3 aromatic rings. The number of rotatable bonds is 3. The molecule has 19 heavy (non-hydrogen) atoms. The highest BCUT2D eigenvalue weighted by atomic mass is 32.1. The van der Waals surface area contributed by atoms with E-state index in [1.54, 1.807) is 0 Å². The van der Waals surface area contributed by atoms with Gasteiger partial charge in [0, 0.05) is 27.8 Å². The summed E-state index contributed by atoms with van der Waals surface area (Å²) in [5.74, 6) is 0. The topological polar surface area (TPSA) is 57.8 Å². The fraction of sp³-hybridized carbons (Fsp3) is 0.143. The van der Waals surface area contributed by atoms with Crippen molar-refractivity contribution >= 4 is 27.9 Å². The Hall–Kier alpha value is -2.14. The van der Waals surface area contributed by atoms with Gasteiger partial charge in [-0.1, -0.05) is 29.5 Å². The summed E-state index contributed by atoms with van der Waals surface area (Å²) in [5, 5.41) is 6.28. The average molecular weight is 271 g/mol. The molecule has 4 nitrogen and oxygen atoms in total. The summed E-state index contributed by atoms with van der Waals surface area (Å²) in [6, 6.07) is 10.0. The van der Waals surface area contributed by atoms with Gasteiger partial charge in [-0.2, -0.15) is 0 Å². The van der Waals surface area contributed by atoms with Crippen LogP contribution >= 0.6 is 11.3 Å². The predicted molar refractivity (Wildman–Crippen MR) is 78.7 cm³/mol. The predicted octanol–water partition coefficient (Wildman–Crippen LogP) is 2.91. The fourth-order valence-corrected chi connectivity index (χ4v) is 2.63. The first-order valence-electron chi connectivity index (χ1n) is 5.99. The third-order valence-corrected chi connectivity index (χ3v) is 3.60. The van der Waals surface area contributed by atoms with Crippen LogP contribution in [0.25, 0.3) is 10.9 Å². The lowest BCUT2D eigenvalue weighted by atomic mass is 10.1. The normalized spacial score (nSPS) is 10.8. The minimum Gasteiger partial charge on any atom is -0.379 e. The van der Waals surface area contributed by atoms with Crippen molar-refractivity contribution in [1.29, 1.82) is 0 Å². The van der Waals surface area contributed by atoms with E-state index in [9.17, 15) is 4.79 Å². The number of H-pyrrole nitrogens is 1. The van der Waals surface area contributed by atoms with Gasteiger partial charge in [0.05, 0.1) is 12.1 Å². The van der Waals surface area contributed by atoms with E-state index in [1.807, 2.05) is 42.6 Å². The van der Waals surface area contributed by atoms with Gasteiger partial charge in [-0.3, -0.25) is 9.78 Å². The molecule has 2 N–H and O–H groups in total. The third-order valence-electron chi connectivity index (χ3n) is 2.88. The summed E-state index contributed by atoms with van der Waals surface area (Å²) in [7, 11) is 0. The molecule has 3 rings (SSSR count). The zero-order chi connectivity index (χ0) is 13.2. The molecule has 0 aliphatic carbocycles. The van der Waals surface area contributed by atoms with Gasteiger partial charge in [-0.05, 0) is 19.1 Å². The van der Waals surface area contributed by atoms with Crippen LogP contribution in [0.5, 0.6) is 0 Å². The lowest BCUT2D eigenvalue weighted by Gasteiger charge is -2.09. The van der Waals surface area contributed by atoms with Gasteiger partial charge in [0.25, 0.3) is 0 Å². The maximum Gasteiger partial charge on any atom is 0.304 e. The van der Waals surface area contributed by atoms with E-state index in [2.05, 4.69) is 15.3 Å². The molecule has 0 aliphatic rings. The third kappa shape index (κ3) is 2.51. The monoisotopic (exact) mass is 271 g/mol. The summed E-state index contributed by atoms with van der Waals surface area (Å²) in [4.78, 5) is 18.4. The second-order valence-electron chi connectivity index (χ2n) is 4.36. The van der Waals surface area contributed by atoms with Crippen LogP contribution in [-0.2, 0) is 6.54 Å². The van der Waals surface area contributed by atoms with Crippen LogP contribution in [0.15, 0.2) is 40.5 Å². The molecule has 2 heterocycles. The number of aromatic nitrogens is 2. The Labute approximate surface area is 114 Å². The first-order valence-corrected chi connectivity index (χ1v) is 6.87. The van der Waals surface area contributed by atoms with Crippen molar-refractivity contribution < 1.29 is 0 Å². The number of thiazole rings is 1. The number of benzene rings is 1. The van der Waals surface area contributed by atoms with Crippen LogP contribution in [0.4, 0.5) is 5.69 Å². The second-order valence-corrected chi connectivity index (χ2v) is 5.20. The molecule has 0 atom stereocenters. The molecule has 0 saturated carbocycles. The Kier molecular flexibility index (Phi) is 3.05.